The van der Waals surface area contributed by atoms with Gasteiger partial charge in [-0.1, -0.05) is 19.9 Å². The van der Waals surface area contributed by atoms with Gasteiger partial charge in [0.15, 0.2) is 17.2 Å². The van der Waals surface area contributed by atoms with Gasteiger partial charge >= 0.3 is 0 Å². The Morgan fingerprint density at radius 2 is 1.83 bits per heavy atom. The minimum atomic E-state index is -0.304. The van der Waals surface area contributed by atoms with Crippen molar-refractivity contribution in [2.75, 3.05) is 18.8 Å². The standard InChI is InChI=1S/C23H23N3O4/c1-13(2)21-19-20(24-25(21)3)23(27)26(15-6-8-16(28-4)9-7-15)22(19)14-5-10-17-18(11-14)30-12-29-17/h5-11,13,22H,12H2,1-4H3. The predicted octanol–water partition coefficient (Wildman–Crippen LogP) is 4.03. The summed E-state index contributed by atoms with van der Waals surface area (Å²) in [7, 11) is 3.52. The number of aryl methyl sites for hydroxylation is 1. The molecule has 2 aliphatic heterocycles. The van der Waals surface area contributed by atoms with Gasteiger partial charge in [0.05, 0.1) is 13.2 Å². The third-order valence-electron chi connectivity index (χ3n) is 5.69. The van der Waals surface area contributed by atoms with Gasteiger partial charge in [0.1, 0.15) is 5.75 Å². The first kappa shape index (κ1) is 18.5. The maximum Gasteiger partial charge on any atom is 0.280 e. The van der Waals surface area contributed by atoms with Crippen molar-refractivity contribution in [2.24, 2.45) is 7.05 Å². The number of amides is 1. The van der Waals surface area contributed by atoms with Crippen LogP contribution in [0.15, 0.2) is 42.5 Å². The highest BCUT2D eigenvalue weighted by atomic mass is 16.7. The van der Waals surface area contributed by atoms with E-state index < -0.39 is 0 Å². The summed E-state index contributed by atoms with van der Waals surface area (Å²) in [4.78, 5) is 15.3. The Hall–Kier alpha value is -3.48. The molecule has 3 heterocycles. The van der Waals surface area contributed by atoms with Gasteiger partial charge < -0.3 is 14.2 Å². The lowest BCUT2D eigenvalue weighted by molar-refractivity contribution is 0.0987. The van der Waals surface area contributed by atoms with Crippen molar-refractivity contribution < 1.29 is 19.0 Å². The van der Waals surface area contributed by atoms with Crippen molar-refractivity contribution in [3.8, 4) is 17.2 Å². The van der Waals surface area contributed by atoms with E-state index in [0.717, 1.165) is 34.0 Å². The molecule has 7 nitrogen and oxygen atoms in total. The Balaban J connectivity index is 1.70. The molecule has 0 bridgehead atoms. The summed E-state index contributed by atoms with van der Waals surface area (Å²) in [6, 6.07) is 13.1. The summed E-state index contributed by atoms with van der Waals surface area (Å²) in [5.41, 5.74) is 4.25. The molecule has 0 saturated carbocycles. The summed E-state index contributed by atoms with van der Waals surface area (Å²) in [6.07, 6.45) is 0. The molecule has 1 unspecified atom stereocenters. The van der Waals surface area contributed by atoms with Crippen LogP contribution in [-0.4, -0.2) is 29.6 Å². The van der Waals surface area contributed by atoms with Crippen molar-refractivity contribution in [3.63, 3.8) is 0 Å². The summed E-state index contributed by atoms with van der Waals surface area (Å²) in [5.74, 6) is 2.25. The molecule has 1 aromatic heterocycles. The highest BCUT2D eigenvalue weighted by Crippen LogP contribution is 2.46. The smallest absolute Gasteiger partial charge is 0.280 e. The quantitative estimate of drug-likeness (QED) is 0.656. The normalized spacial score (nSPS) is 17.0. The van der Waals surface area contributed by atoms with E-state index in [1.54, 1.807) is 12.0 Å². The number of fused-ring (bicyclic) bond motifs is 2. The second kappa shape index (κ2) is 6.79. The topological polar surface area (TPSA) is 65.8 Å². The van der Waals surface area contributed by atoms with Crippen molar-refractivity contribution in [2.45, 2.75) is 25.8 Å². The van der Waals surface area contributed by atoms with E-state index in [2.05, 4.69) is 18.9 Å². The summed E-state index contributed by atoms with van der Waals surface area (Å²) >= 11 is 0. The Bertz CT molecular complexity index is 1130. The maximum absolute atomic E-state index is 13.5. The van der Waals surface area contributed by atoms with Gasteiger partial charge in [-0.15, -0.1) is 0 Å². The van der Waals surface area contributed by atoms with Gasteiger partial charge in [0.2, 0.25) is 6.79 Å². The summed E-state index contributed by atoms with van der Waals surface area (Å²) in [5, 5.41) is 4.60. The minimum absolute atomic E-state index is 0.111. The van der Waals surface area contributed by atoms with Gasteiger partial charge in [-0.25, -0.2) is 0 Å². The van der Waals surface area contributed by atoms with Crippen LogP contribution in [0.25, 0.3) is 0 Å². The fraction of sp³-hybridized carbons (Fsp3) is 0.304. The van der Waals surface area contributed by atoms with Crippen LogP contribution < -0.4 is 19.1 Å². The van der Waals surface area contributed by atoms with Gasteiger partial charge in [0, 0.05) is 24.0 Å². The molecule has 0 radical (unpaired) electrons. The Morgan fingerprint density at radius 3 is 2.53 bits per heavy atom. The molecule has 2 aromatic carbocycles. The molecule has 30 heavy (non-hydrogen) atoms. The first-order chi connectivity index (χ1) is 14.5. The average Bonchev–Trinajstić information content (AvgIpc) is 3.41. The molecule has 1 atom stereocenters. The van der Waals surface area contributed by atoms with Gasteiger partial charge in [0.25, 0.3) is 5.91 Å². The zero-order valence-corrected chi connectivity index (χ0v) is 17.4. The largest absolute Gasteiger partial charge is 0.497 e. The number of carbonyl (C=O) groups is 1. The van der Waals surface area contributed by atoms with Crippen LogP contribution in [0.3, 0.4) is 0 Å². The molecule has 154 valence electrons. The molecule has 3 aromatic rings. The fourth-order valence-electron chi connectivity index (χ4n) is 4.43. The van der Waals surface area contributed by atoms with E-state index in [0.29, 0.717) is 11.4 Å². The lowest BCUT2D eigenvalue weighted by atomic mass is 9.94. The molecular formula is C23H23N3O4. The zero-order valence-electron chi connectivity index (χ0n) is 17.4. The van der Waals surface area contributed by atoms with Crippen LogP contribution >= 0.6 is 0 Å². The number of hydrogen-bond donors (Lipinski definition) is 0. The van der Waals surface area contributed by atoms with Crippen LogP contribution in [0.2, 0.25) is 0 Å². The Kier molecular flexibility index (Phi) is 4.20. The van der Waals surface area contributed by atoms with E-state index in [1.807, 2.05) is 54.2 Å². The number of carbonyl (C=O) groups excluding carboxylic acids is 1. The van der Waals surface area contributed by atoms with Crippen LogP contribution in [0.5, 0.6) is 17.2 Å². The predicted molar refractivity (Wildman–Crippen MR) is 112 cm³/mol. The van der Waals surface area contributed by atoms with E-state index in [4.69, 9.17) is 14.2 Å². The van der Waals surface area contributed by atoms with Crippen LogP contribution in [0.1, 0.15) is 53.1 Å². The Morgan fingerprint density at radius 1 is 1.10 bits per heavy atom. The van der Waals surface area contributed by atoms with Crippen molar-refractivity contribution in [3.05, 3.63) is 65.0 Å². The number of methoxy groups -OCH3 is 1. The van der Waals surface area contributed by atoms with E-state index in [9.17, 15) is 4.79 Å². The van der Waals surface area contributed by atoms with Crippen LogP contribution in [0.4, 0.5) is 5.69 Å². The third kappa shape index (κ3) is 2.65. The highest BCUT2D eigenvalue weighted by Gasteiger charge is 2.44. The monoisotopic (exact) mass is 405 g/mol. The lowest BCUT2D eigenvalue weighted by Gasteiger charge is -2.27. The third-order valence-corrected chi connectivity index (χ3v) is 5.69. The molecular weight excluding hydrogens is 382 g/mol. The number of rotatable bonds is 4. The highest BCUT2D eigenvalue weighted by molar-refractivity contribution is 6.10. The molecule has 0 aliphatic carbocycles. The SMILES string of the molecule is COc1ccc(N2C(=O)c3nn(C)c(C(C)C)c3C2c2ccc3c(c2)OCO3)cc1. The molecule has 5 rings (SSSR count). The molecule has 2 aliphatic rings. The molecule has 7 heteroatoms. The van der Waals surface area contributed by atoms with Gasteiger partial charge in [-0.2, -0.15) is 5.10 Å². The zero-order chi connectivity index (χ0) is 21.0. The number of benzene rings is 2. The number of hydrogen-bond acceptors (Lipinski definition) is 5. The van der Waals surface area contributed by atoms with E-state index >= 15 is 0 Å². The van der Waals surface area contributed by atoms with Crippen LogP contribution in [0, 0.1) is 0 Å². The minimum Gasteiger partial charge on any atom is -0.497 e. The summed E-state index contributed by atoms with van der Waals surface area (Å²) < 4.78 is 18.2. The lowest BCUT2D eigenvalue weighted by Crippen LogP contribution is -2.30. The summed E-state index contributed by atoms with van der Waals surface area (Å²) in [6.45, 7) is 4.45. The average molecular weight is 405 g/mol. The number of ether oxygens (including phenoxy) is 3. The van der Waals surface area contributed by atoms with Crippen LogP contribution in [-0.2, 0) is 7.05 Å². The maximum atomic E-state index is 13.5. The van der Waals surface area contributed by atoms with Gasteiger partial charge in [-0.3, -0.25) is 14.4 Å². The van der Waals surface area contributed by atoms with Crippen molar-refractivity contribution in [1.29, 1.82) is 0 Å². The van der Waals surface area contributed by atoms with E-state index in [1.165, 1.54) is 0 Å². The van der Waals surface area contributed by atoms with Crippen molar-refractivity contribution in [1.82, 2.24) is 9.78 Å². The first-order valence-corrected chi connectivity index (χ1v) is 9.93. The second-order valence-electron chi connectivity index (χ2n) is 7.81. The molecule has 0 fully saturated rings. The molecule has 1 amide bonds. The molecule has 0 saturated heterocycles. The molecule has 0 spiro atoms. The Labute approximate surface area is 174 Å². The number of nitrogens with zero attached hydrogens (tertiary/aromatic N) is 3. The number of aromatic nitrogens is 2. The number of anilines is 1. The van der Waals surface area contributed by atoms with Gasteiger partial charge in [-0.05, 0) is 47.9 Å². The molecule has 0 N–H and O–H groups in total. The van der Waals surface area contributed by atoms with E-state index in [-0.39, 0.29) is 24.7 Å². The second-order valence-corrected chi connectivity index (χ2v) is 7.81. The fourth-order valence-corrected chi connectivity index (χ4v) is 4.43. The van der Waals surface area contributed by atoms with Crippen molar-refractivity contribution >= 4 is 11.6 Å². The first-order valence-electron chi connectivity index (χ1n) is 9.93.